The Morgan fingerprint density at radius 3 is 2.79 bits per heavy atom. The number of hydrogen-bond donors (Lipinski definition) is 2. The molecule has 0 aliphatic carbocycles. The number of benzene rings is 1. The van der Waals surface area contributed by atoms with E-state index >= 15 is 0 Å². The number of hydrogen-bond acceptors (Lipinski definition) is 5. The zero-order chi connectivity index (χ0) is 20.4. The number of furan rings is 1. The molecule has 10 heteroatoms. The standard InChI is InChI=1S/C19H19FN4O4S/c20-14-5-3-4-13(10-14)11-22-29(26,27)17-7-6-16(28-17)18-15(12-21-23-18)19(25)24-8-1-2-9-24/h3-7,10,12,22H,1-2,8-9,11H2,(H,21,23). The van der Waals surface area contributed by atoms with Crippen molar-refractivity contribution in [3.8, 4) is 11.5 Å². The molecule has 0 bridgehead atoms. The summed E-state index contributed by atoms with van der Waals surface area (Å²) in [5.74, 6) is -0.427. The Hall–Kier alpha value is -2.98. The molecular formula is C19H19FN4O4S. The zero-order valence-corrected chi connectivity index (χ0v) is 16.2. The van der Waals surface area contributed by atoms with Gasteiger partial charge >= 0.3 is 0 Å². The van der Waals surface area contributed by atoms with Gasteiger partial charge in [0.15, 0.2) is 5.76 Å². The molecule has 2 N–H and O–H groups in total. The Morgan fingerprint density at radius 1 is 1.24 bits per heavy atom. The number of carbonyl (C=O) groups is 1. The van der Waals surface area contributed by atoms with Gasteiger partial charge in [0.1, 0.15) is 11.5 Å². The Balaban J connectivity index is 1.52. The van der Waals surface area contributed by atoms with Crippen LogP contribution in [0.4, 0.5) is 4.39 Å². The van der Waals surface area contributed by atoms with Crippen molar-refractivity contribution in [3.63, 3.8) is 0 Å². The lowest BCUT2D eigenvalue weighted by Crippen LogP contribution is -2.27. The predicted octanol–water partition coefficient (Wildman–Crippen LogP) is 2.52. The first-order valence-corrected chi connectivity index (χ1v) is 10.6. The monoisotopic (exact) mass is 418 g/mol. The predicted molar refractivity (Wildman–Crippen MR) is 102 cm³/mol. The first-order valence-electron chi connectivity index (χ1n) is 9.11. The first kappa shape index (κ1) is 19.3. The van der Waals surface area contributed by atoms with Crippen molar-refractivity contribution in [2.24, 2.45) is 0 Å². The fourth-order valence-electron chi connectivity index (χ4n) is 3.22. The molecule has 1 aliphatic rings. The molecule has 1 saturated heterocycles. The molecule has 0 atom stereocenters. The van der Waals surface area contributed by atoms with Crippen LogP contribution in [0.1, 0.15) is 28.8 Å². The van der Waals surface area contributed by atoms with Crippen LogP contribution in [0.5, 0.6) is 0 Å². The summed E-state index contributed by atoms with van der Waals surface area (Å²) in [5, 5.41) is 6.31. The van der Waals surface area contributed by atoms with Gasteiger partial charge in [-0.2, -0.15) is 5.10 Å². The van der Waals surface area contributed by atoms with Crippen LogP contribution in [0.25, 0.3) is 11.5 Å². The van der Waals surface area contributed by atoms with Crippen LogP contribution in [0.15, 0.2) is 52.1 Å². The van der Waals surface area contributed by atoms with Gasteiger partial charge in [-0.15, -0.1) is 0 Å². The second-order valence-electron chi connectivity index (χ2n) is 6.73. The highest BCUT2D eigenvalue weighted by Crippen LogP contribution is 2.27. The Labute approximate surface area is 166 Å². The van der Waals surface area contributed by atoms with Gasteiger partial charge in [0.05, 0.1) is 11.8 Å². The molecule has 152 valence electrons. The number of nitrogens with one attached hydrogen (secondary N) is 2. The number of amides is 1. The smallest absolute Gasteiger partial charge is 0.274 e. The van der Waals surface area contributed by atoms with E-state index in [4.69, 9.17) is 4.42 Å². The van der Waals surface area contributed by atoms with Gasteiger partial charge in [-0.3, -0.25) is 9.89 Å². The first-order chi connectivity index (χ1) is 13.9. The number of rotatable bonds is 6. The van der Waals surface area contributed by atoms with E-state index in [1.165, 1.54) is 36.5 Å². The van der Waals surface area contributed by atoms with Gasteiger partial charge in [-0.05, 0) is 42.7 Å². The van der Waals surface area contributed by atoms with Gasteiger partial charge in [0, 0.05) is 19.6 Å². The summed E-state index contributed by atoms with van der Waals surface area (Å²) in [6.07, 6.45) is 3.33. The molecule has 0 unspecified atom stereocenters. The minimum atomic E-state index is -3.96. The molecule has 29 heavy (non-hydrogen) atoms. The molecule has 0 radical (unpaired) electrons. The summed E-state index contributed by atoms with van der Waals surface area (Å²) in [6.45, 7) is 1.29. The Bertz CT molecular complexity index is 1130. The zero-order valence-electron chi connectivity index (χ0n) is 15.4. The van der Waals surface area contributed by atoms with Crippen LogP contribution in [0.3, 0.4) is 0 Å². The van der Waals surface area contributed by atoms with Gasteiger partial charge in [-0.25, -0.2) is 17.5 Å². The van der Waals surface area contributed by atoms with Crippen molar-refractivity contribution in [2.75, 3.05) is 13.1 Å². The number of aromatic nitrogens is 2. The highest BCUT2D eigenvalue weighted by Gasteiger charge is 2.26. The molecule has 0 spiro atoms. The summed E-state index contributed by atoms with van der Waals surface area (Å²) in [5.41, 5.74) is 1.14. The van der Waals surface area contributed by atoms with Gasteiger partial charge in [0.2, 0.25) is 5.09 Å². The van der Waals surface area contributed by atoms with Crippen LogP contribution in [0, 0.1) is 5.82 Å². The summed E-state index contributed by atoms with van der Waals surface area (Å²) in [4.78, 5) is 14.4. The van der Waals surface area contributed by atoms with Crippen LogP contribution in [0.2, 0.25) is 0 Å². The van der Waals surface area contributed by atoms with Crippen molar-refractivity contribution in [1.82, 2.24) is 19.8 Å². The lowest BCUT2D eigenvalue weighted by atomic mass is 10.2. The average molecular weight is 418 g/mol. The van der Waals surface area contributed by atoms with Crippen LogP contribution in [-0.2, 0) is 16.6 Å². The Kier molecular flexibility index (Phi) is 5.20. The molecule has 1 aliphatic heterocycles. The van der Waals surface area contributed by atoms with E-state index in [0.29, 0.717) is 29.9 Å². The molecule has 8 nitrogen and oxygen atoms in total. The van der Waals surface area contributed by atoms with E-state index < -0.39 is 15.8 Å². The third kappa shape index (κ3) is 4.08. The van der Waals surface area contributed by atoms with E-state index in [-0.39, 0.29) is 23.3 Å². The number of halogens is 1. The lowest BCUT2D eigenvalue weighted by molar-refractivity contribution is 0.0793. The van der Waals surface area contributed by atoms with E-state index in [1.54, 1.807) is 11.0 Å². The molecule has 4 rings (SSSR count). The molecule has 1 amide bonds. The van der Waals surface area contributed by atoms with Crippen molar-refractivity contribution < 1.29 is 22.0 Å². The van der Waals surface area contributed by atoms with Crippen molar-refractivity contribution in [1.29, 1.82) is 0 Å². The summed E-state index contributed by atoms with van der Waals surface area (Å²) in [7, 11) is -3.96. The van der Waals surface area contributed by atoms with Gasteiger partial charge < -0.3 is 9.32 Å². The third-order valence-corrected chi connectivity index (χ3v) is 5.98. The van der Waals surface area contributed by atoms with E-state index in [2.05, 4.69) is 14.9 Å². The summed E-state index contributed by atoms with van der Waals surface area (Å²) in [6, 6.07) is 8.40. The number of carbonyl (C=O) groups excluding carboxylic acids is 1. The highest BCUT2D eigenvalue weighted by molar-refractivity contribution is 7.89. The van der Waals surface area contributed by atoms with Gasteiger partial charge in [-0.1, -0.05) is 12.1 Å². The number of likely N-dealkylation sites (tertiary alicyclic amines) is 1. The van der Waals surface area contributed by atoms with Crippen molar-refractivity contribution >= 4 is 15.9 Å². The lowest BCUT2D eigenvalue weighted by Gasteiger charge is -2.14. The van der Waals surface area contributed by atoms with E-state index in [0.717, 1.165) is 12.8 Å². The fraction of sp³-hybridized carbons (Fsp3) is 0.263. The highest BCUT2D eigenvalue weighted by atomic mass is 32.2. The number of aromatic amines is 1. The molecule has 0 saturated carbocycles. The number of H-pyrrole nitrogens is 1. The van der Waals surface area contributed by atoms with Crippen molar-refractivity contribution in [2.45, 2.75) is 24.5 Å². The van der Waals surface area contributed by atoms with Crippen LogP contribution < -0.4 is 4.72 Å². The SMILES string of the molecule is O=C(c1cn[nH]c1-c1ccc(S(=O)(=O)NCc2cccc(F)c2)o1)N1CCCC1. The molecule has 3 heterocycles. The maximum atomic E-state index is 13.2. The largest absolute Gasteiger partial charge is 0.442 e. The quantitative estimate of drug-likeness (QED) is 0.640. The molecular weight excluding hydrogens is 399 g/mol. The van der Waals surface area contributed by atoms with Crippen LogP contribution >= 0.6 is 0 Å². The molecule has 1 aromatic carbocycles. The maximum absolute atomic E-state index is 13.2. The second-order valence-corrected chi connectivity index (χ2v) is 8.43. The fourth-order valence-corrected chi connectivity index (χ4v) is 4.17. The molecule has 3 aromatic rings. The summed E-state index contributed by atoms with van der Waals surface area (Å²) < 4.78 is 46.1. The Morgan fingerprint density at radius 2 is 2.03 bits per heavy atom. The minimum absolute atomic E-state index is 0.0844. The van der Waals surface area contributed by atoms with Gasteiger partial charge in [0.25, 0.3) is 15.9 Å². The number of nitrogens with zero attached hydrogens (tertiary/aromatic N) is 2. The van der Waals surface area contributed by atoms with E-state index in [9.17, 15) is 17.6 Å². The number of sulfonamides is 1. The van der Waals surface area contributed by atoms with Crippen LogP contribution in [-0.4, -0.2) is 42.5 Å². The average Bonchev–Trinajstić information content (AvgIpc) is 3.47. The third-order valence-electron chi connectivity index (χ3n) is 4.71. The topological polar surface area (TPSA) is 108 Å². The summed E-state index contributed by atoms with van der Waals surface area (Å²) >= 11 is 0. The second kappa shape index (κ2) is 7.80. The molecule has 2 aromatic heterocycles. The maximum Gasteiger partial charge on any atom is 0.274 e. The molecule has 1 fully saturated rings. The van der Waals surface area contributed by atoms with Crippen molar-refractivity contribution in [3.05, 3.63) is 59.5 Å². The normalized spacial score (nSPS) is 14.4. The van der Waals surface area contributed by atoms with E-state index in [1.807, 2.05) is 0 Å². The minimum Gasteiger partial charge on any atom is -0.442 e.